The zero-order chi connectivity index (χ0) is 15.2. The maximum absolute atomic E-state index is 12.2. The molecular weight excluding hydrogens is 278 g/mol. The van der Waals surface area contributed by atoms with Gasteiger partial charge in [0.15, 0.2) is 5.82 Å². The highest BCUT2D eigenvalue weighted by atomic mass is 16.5. The molecule has 1 aliphatic rings. The minimum Gasteiger partial charge on any atom is -0.394 e. The van der Waals surface area contributed by atoms with Crippen LogP contribution in [0.1, 0.15) is 13.3 Å². The Hall–Kier alpha value is -2.00. The van der Waals surface area contributed by atoms with E-state index in [0.717, 1.165) is 0 Å². The summed E-state index contributed by atoms with van der Waals surface area (Å²) in [5, 5.41) is 19.4. The third kappa shape index (κ3) is 3.99. The van der Waals surface area contributed by atoms with Gasteiger partial charge in [-0.3, -0.25) is 9.59 Å². The number of carbonyl (C=O) groups is 2. The van der Waals surface area contributed by atoms with Crippen LogP contribution in [0.5, 0.6) is 0 Å². The number of aliphatic hydroxyl groups excluding tert-OH is 1. The molecule has 0 saturated carbocycles. The second kappa shape index (κ2) is 7.14. The average Bonchev–Trinajstić information content (AvgIpc) is 2.93. The molecule has 0 aliphatic carbocycles. The van der Waals surface area contributed by atoms with Gasteiger partial charge in [0.25, 0.3) is 0 Å². The standard InChI is InChI=1S/C12H19N5O4/c1-2-11(19)13-10-5-16(15-14-10)6-12(20)17-3-4-21-8-9(17)7-18/h5,9,18H,2-4,6-8H2,1H3,(H,13,19). The topological polar surface area (TPSA) is 110 Å². The van der Waals surface area contributed by atoms with E-state index in [-0.39, 0.29) is 31.0 Å². The van der Waals surface area contributed by atoms with Gasteiger partial charge in [0.1, 0.15) is 6.54 Å². The second-order valence-corrected chi connectivity index (χ2v) is 4.70. The Bertz CT molecular complexity index is 504. The van der Waals surface area contributed by atoms with Crippen LogP contribution in [0.15, 0.2) is 6.20 Å². The molecule has 2 amide bonds. The summed E-state index contributed by atoms with van der Waals surface area (Å²) in [5.41, 5.74) is 0. The van der Waals surface area contributed by atoms with Gasteiger partial charge in [0.05, 0.1) is 32.1 Å². The number of morpholine rings is 1. The average molecular weight is 297 g/mol. The lowest BCUT2D eigenvalue weighted by Gasteiger charge is -2.34. The Morgan fingerprint density at radius 1 is 1.57 bits per heavy atom. The van der Waals surface area contributed by atoms with Gasteiger partial charge in [0.2, 0.25) is 11.8 Å². The first-order valence-electron chi connectivity index (χ1n) is 6.82. The Balaban J connectivity index is 1.94. The summed E-state index contributed by atoms with van der Waals surface area (Å²) in [6.45, 7) is 2.83. The van der Waals surface area contributed by atoms with E-state index in [1.165, 1.54) is 10.9 Å². The van der Waals surface area contributed by atoms with Gasteiger partial charge >= 0.3 is 0 Å². The van der Waals surface area contributed by atoms with Crippen molar-refractivity contribution in [2.24, 2.45) is 0 Å². The summed E-state index contributed by atoms with van der Waals surface area (Å²) >= 11 is 0. The summed E-state index contributed by atoms with van der Waals surface area (Å²) in [6, 6.07) is -0.325. The van der Waals surface area contributed by atoms with Crippen LogP contribution in [0.25, 0.3) is 0 Å². The maximum Gasteiger partial charge on any atom is 0.244 e. The summed E-state index contributed by atoms with van der Waals surface area (Å²) in [4.78, 5) is 25.0. The molecule has 1 aliphatic heterocycles. The van der Waals surface area contributed by atoms with Crippen LogP contribution in [0.4, 0.5) is 5.82 Å². The van der Waals surface area contributed by atoms with Gasteiger partial charge in [-0.05, 0) is 0 Å². The van der Waals surface area contributed by atoms with Gasteiger partial charge in [-0.25, -0.2) is 4.68 Å². The molecule has 1 saturated heterocycles. The van der Waals surface area contributed by atoms with E-state index in [0.29, 0.717) is 32.0 Å². The number of nitrogens with zero attached hydrogens (tertiary/aromatic N) is 4. The Kier molecular flexibility index (Phi) is 5.23. The number of anilines is 1. The van der Waals surface area contributed by atoms with Gasteiger partial charge in [-0.15, -0.1) is 5.10 Å². The minimum atomic E-state index is -0.325. The van der Waals surface area contributed by atoms with Crippen molar-refractivity contribution in [1.29, 1.82) is 0 Å². The van der Waals surface area contributed by atoms with Gasteiger partial charge in [0, 0.05) is 13.0 Å². The van der Waals surface area contributed by atoms with Crippen LogP contribution in [-0.4, -0.2) is 69.2 Å². The highest BCUT2D eigenvalue weighted by molar-refractivity contribution is 5.89. The molecule has 1 fully saturated rings. The van der Waals surface area contributed by atoms with Crippen molar-refractivity contribution in [3.63, 3.8) is 0 Å². The molecule has 2 heterocycles. The number of aromatic nitrogens is 3. The predicted molar refractivity (Wildman–Crippen MR) is 72.3 cm³/mol. The summed E-state index contributed by atoms with van der Waals surface area (Å²) in [5.74, 6) is -0.0205. The molecule has 2 N–H and O–H groups in total. The molecule has 0 aromatic carbocycles. The van der Waals surface area contributed by atoms with Gasteiger partial charge in [-0.2, -0.15) is 0 Å². The van der Waals surface area contributed by atoms with Crippen LogP contribution in [-0.2, 0) is 20.9 Å². The number of amides is 2. The zero-order valence-corrected chi connectivity index (χ0v) is 11.9. The smallest absolute Gasteiger partial charge is 0.244 e. The van der Waals surface area contributed by atoms with Crippen molar-refractivity contribution >= 4 is 17.6 Å². The molecule has 116 valence electrons. The normalized spacial score (nSPS) is 18.6. The molecule has 9 nitrogen and oxygen atoms in total. The molecule has 21 heavy (non-hydrogen) atoms. The number of carbonyl (C=O) groups excluding carboxylic acids is 2. The van der Waals surface area contributed by atoms with Crippen LogP contribution < -0.4 is 5.32 Å². The van der Waals surface area contributed by atoms with E-state index in [9.17, 15) is 14.7 Å². The van der Waals surface area contributed by atoms with E-state index in [2.05, 4.69) is 15.6 Å². The van der Waals surface area contributed by atoms with E-state index in [1.807, 2.05) is 0 Å². The second-order valence-electron chi connectivity index (χ2n) is 4.70. The SMILES string of the molecule is CCC(=O)Nc1cn(CC(=O)N2CCOCC2CO)nn1. The minimum absolute atomic E-state index is 0.00545. The lowest BCUT2D eigenvalue weighted by Crippen LogP contribution is -2.51. The molecule has 1 aromatic rings. The number of hydrogen-bond acceptors (Lipinski definition) is 6. The number of nitrogens with one attached hydrogen (secondary N) is 1. The molecule has 1 aromatic heterocycles. The lowest BCUT2D eigenvalue weighted by molar-refractivity contribution is -0.142. The Morgan fingerprint density at radius 3 is 3.10 bits per heavy atom. The highest BCUT2D eigenvalue weighted by Crippen LogP contribution is 2.08. The fraction of sp³-hybridized carbons (Fsp3) is 0.667. The maximum atomic E-state index is 12.2. The predicted octanol–water partition coefficient (Wildman–Crippen LogP) is -1.15. The molecule has 9 heteroatoms. The van der Waals surface area contributed by atoms with Crippen LogP contribution in [0, 0.1) is 0 Å². The fourth-order valence-electron chi connectivity index (χ4n) is 2.03. The molecule has 1 atom stereocenters. The van der Waals surface area contributed by atoms with Gasteiger partial charge < -0.3 is 20.1 Å². The number of aliphatic hydroxyl groups is 1. The third-order valence-electron chi connectivity index (χ3n) is 3.18. The highest BCUT2D eigenvalue weighted by Gasteiger charge is 2.26. The van der Waals surface area contributed by atoms with Crippen molar-refractivity contribution in [2.45, 2.75) is 25.9 Å². The fourth-order valence-corrected chi connectivity index (χ4v) is 2.03. The molecular formula is C12H19N5O4. The zero-order valence-electron chi connectivity index (χ0n) is 11.9. The van der Waals surface area contributed by atoms with Crippen LogP contribution >= 0.6 is 0 Å². The summed E-state index contributed by atoms with van der Waals surface area (Å²) in [7, 11) is 0. The summed E-state index contributed by atoms with van der Waals surface area (Å²) < 4.78 is 6.59. The van der Waals surface area contributed by atoms with Crippen molar-refractivity contribution < 1.29 is 19.4 Å². The Labute approximate surface area is 121 Å². The lowest BCUT2D eigenvalue weighted by atomic mass is 10.2. The van der Waals surface area contributed by atoms with Crippen LogP contribution in [0.3, 0.4) is 0 Å². The number of ether oxygens (including phenoxy) is 1. The van der Waals surface area contributed by atoms with E-state index in [1.54, 1.807) is 11.8 Å². The van der Waals surface area contributed by atoms with E-state index >= 15 is 0 Å². The van der Waals surface area contributed by atoms with Crippen LogP contribution in [0.2, 0.25) is 0 Å². The van der Waals surface area contributed by atoms with E-state index < -0.39 is 0 Å². The largest absolute Gasteiger partial charge is 0.394 e. The first-order valence-corrected chi connectivity index (χ1v) is 6.82. The monoisotopic (exact) mass is 297 g/mol. The third-order valence-corrected chi connectivity index (χ3v) is 3.18. The number of rotatable bonds is 5. The molecule has 1 unspecified atom stereocenters. The van der Waals surface area contributed by atoms with Gasteiger partial charge in [-0.1, -0.05) is 12.1 Å². The van der Waals surface area contributed by atoms with Crippen molar-refractivity contribution in [3.8, 4) is 0 Å². The first kappa shape index (κ1) is 15.4. The van der Waals surface area contributed by atoms with Crippen molar-refractivity contribution in [3.05, 3.63) is 6.20 Å². The number of hydrogen-bond donors (Lipinski definition) is 2. The van der Waals surface area contributed by atoms with E-state index in [4.69, 9.17) is 4.74 Å². The van der Waals surface area contributed by atoms with Crippen molar-refractivity contribution in [1.82, 2.24) is 19.9 Å². The molecule has 0 radical (unpaired) electrons. The summed E-state index contributed by atoms with van der Waals surface area (Å²) in [6.07, 6.45) is 1.84. The first-order chi connectivity index (χ1) is 10.1. The molecule has 2 rings (SSSR count). The quantitative estimate of drug-likeness (QED) is 0.710. The Morgan fingerprint density at radius 2 is 2.38 bits per heavy atom. The molecule has 0 bridgehead atoms. The molecule has 0 spiro atoms. The van der Waals surface area contributed by atoms with Crippen molar-refractivity contribution in [2.75, 3.05) is 31.7 Å².